The van der Waals surface area contributed by atoms with Crippen LogP contribution >= 0.6 is 0 Å². The van der Waals surface area contributed by atoms with Crippen molar-refractivity contribution in [3.05, 3.63) is 0 Å². The second-order valence-corrected chi connectivity index (χ2v) is 3.43. The second kappa shape index (κ2) is 4.02. The van der Waals surface area contributed by atoms with Crippen LogP contribution < -0.4 is 10.6 Å². The lowest BCUT2D eigenvalue weighted by Gasteiger charge is -2.15. The first-order valence-corrected chi connectivity index (χ1v) is 4.31. The van der Waals surface area contributed by atoms with Gasteiger partial charge in [-0.15, -0.1) is 0 Å². The highest BCUT2D eigenvalue weighted by Gasteiger charge is 2.25. The summed E-state index contributed by atoms with van der Waals surface area (Å²) in [6.45, 7) is 5.72. The lowest BCUT2D eigenvalue weighted by atomic mass is 10.2. The van der Waals surface area contributed by atoms with Gasteiger partial charge in [-0.05, 0) is 13.0 Å². The predicted molar refractivity (Wildman–Crippen MR) is 44.4 cm³/mol. The summed E-state index contributed by atoms with van der Waals surface area (Å²) >= 11 is 0. The Bertz CT molecular complexity index is 117. The molecule has 66 valence electrons. The van der Waals surface area contributed by atoms with Crippen LogP contribution in [-0.2, 0) is 0 Å². The number of halogens is 1. The zero-order chi connectivity index (χ0) is 8.27. The molecule has 2 unspecified atom stereocenters. The molecule has 0 radical (unpaired) electrons. The van der Waals surface area contributed by atoms with Crippen LogP contribution in [0.5, 0.6) is 0 Å². The lowest BCUT2D eigenvalue weighted by molar-refractivity contribution is 0.291. The van der Waals surface area contributed by atoms with E-state index in [1.165, 1.54) is 0 Å². The second-order valence-electron chi connectivity index (χ2n) is 3.43. The van der Waals surface area contributed by atoms with Gasteiger partial charge in [0.05, 0.1) is 6.04 Å². The number of nitrogens with one attached hydrogen (secondary N) is 2. The third kappa shape index (κ3) is 2.75. The molecule has 1 aliphatic heterocycles. The van der Waals surface area contributed by atoms with Crippen molar-refractivity contribution in [1.82, 2.24) is 10.6 Å². The van der Waals surface area contributed by atoms with Crippen LogP contribution in [0.15, 0.2) is 0 Å². The largest absolute Gasteiger partial charge is 0.313 e. The van der Waals surface area contributed by atoms with Crippen molar-refractivity contribution >= 4 is 0 Å². The molecule has 2 N–H and O–H groups in total. The Labute approximate surface area is 67.6 Å². The standard InChI is InChI=1S/C8H17FN2/c1-6(2)11-5-8-7(9)3-4-10-8/h6-8,10-11H,3-5H2,1-2H3. The molecule has 2 nitrogen and oxygen atoms in total. The van der Waals surface area contributed by atoms with Crippen LogP contribution in [0.1, 0.15) is 20.3 Å². The van der Waals surface area contributed by atoms with Crippen molar-refractivity contribution in [2.75, 3.05) is 13.1 Å². The topological polar surface area (TPSA) is 24.1 Å². The summed E-state index contributed by atoms with van der Waals surface area (Å²) in [5.41, 5.74) is 0. The molecule has 1 saturated heterocycles. The van der Waals surface area contributed by atoms with E-state index in [0.29, 0.717) is 12.5 Å². The van der Waals surface area contributed by atoms with Gasteiger partial charge in [-0.1, -0.05) is 13.8 Å². The van der Waals surface area contributed by atoms with Gasteiger partial charge in [-0.25, -0.2) is 4.39 Å². The summed E-state index contributed by atoms with van der Waals surface area (Å²) in [7, 11) is 0. The SMILES string of the molecule is CC(C)NCC1NCCC1F. The van der Waals surface area contributed by atoms with Gasteiger partial charge in [0, 0.05) is 12.6 Å². The average molecular weight is 160 g/mol. The molecule has 2 atom stereocenters. The van der Waals surface area contributed by atoms with Crippen molar-refractivity contribution < 1.29 is 4.39 Å². The third-order valence-electron chi connectivity index (χ3n) is 2.01. The van der Waals surface area contributed by atoms with Crippen LogP contribution in [0.4, 0.5) is 4.39 Å². The van der Waals surface area contributed by atoms with Crippen LogP contribution in [0.3, 0.4) is 0 Å². The summed E-state index contributed by atoms with van der Waals surface area (Å²) < 4.78 is 12.9. The van der Waals surface area contributed by atoms with Gasteiger partial charge in [-0.3, -0.25) is 0 Å². The molecule has 1 fully saturated rings. The number of rotatable bonds is 3. The zero-order valence-corrected chi connectivity index (χ0v) is 7.23. The molecule has 0 aromatic rings. The van der Waals surface area contributed by atoms with E-state index >= 15 is 0 Å². The monoisotopic (exact) mass is 160 g/mol. The molecule has 0 spiro atoms. The summed E-state index contributed by atoms with van der Waals surface area (Å²) in [6.07, 6.45) is 0.0195. The van der Waals surface area contributed by atoms with E-state index in [-0.39, 0.29) is 6.04 Å². The van der Waals surface area contributed by atoms with E-state index in [1.54, 1.807) is 0 Å². The highest BCUT2D eigenvalue weighted by atomic mass is 19.1. The maximum absolute atomic E-state index is 12.9. The van der Waals surface area contributed by atoms with Crippen LogP contribution in [0.2, 0.25) is 0 Å². The Kier molecular flexibility index (Phi) is 3.27. The highest BCUT2D eigenvalue weighted by Crippen LogP contribution is 2.09. The number of alkyl halides is 1. The quantitative estimate of drug-likeness (QED) is 0.634. The van der Waals surface area contributed by atoms with Crippen LogP contribution in [0.25, 0.3) is 0 Å². The minimum atomic E-state index is -0.652. The van der Waals surface area contributed by atoms with Crippen molar-refractivity contribution in [2.24, 2.45) is 0 Å². The summed E-state index contributed by atoms with van der Waals surface area (Å²) in [4.78, 5) is 0. The Morgan fingerprint density at radius 2 is 2.36 bits per heavy atom. The fourth-order valence-electron chi connectivity index (χ4n) is 1.30. The Morgan fingerprint density at radius 1 is 1.64 bits per heavy atom. The van der Waals surface area contributed by atoms with E-state index in [1.807, 2.05) is 0 Å². The van der Waals surface area contributed by atoms with Crippen LogP contribution in [-0.4, -0.2) is 31.3 Å². The molecule has 0 saturated carbocycles. The molecule has 11 heavy (non-hydrogen) atoms. The number of hydrogen-bond acceptors (Lipinski definition) is 2. The van der Waals surface area contributed by atoms with Gasteiger partial charge in [0.15, 0.2) is 0 Å². The molecule has 0 aliphatic carbocycles. The fraction of sp³-hybridized carbons (Fsp3) is 1.00. The maximum Gasteiger partial charge on any atom is 0.118 e. The Morgan fingerprint density at radius 3 is 2.82 bits per heavy atom. The fourth-order valence-corrected chi connectivity index (χ4v) is 1.30. The van der Waals surface area contributed by atoms with Gasteiger partial charge in [0.1, 0.15) is 6.17 Å². The summed E-state index contributed by atoms with van der Waals surface area (Å²) in [6, 6.07) is 0.488. The van der Waals surface area contributed by atoms with Gasteiger partial charge in [-0.2, -0.15) is 0 Å². The van der Waals surface area contributed by atoms with E-state index in [9.17, 15) is 4.39 Å². The van der Waals surface area contributed by atoms with Crippen molar-refractivity contribution in [3.8, 4) is 0 Å². The lowest BCUT2D eigenvalue weighted by Crippen LogP contribution is -2.41. The normalized spacial score (nSPS) is 31.6. The van der Waals surface area contributed by atoms with Gasteiger partial charge >= 0.3 is 0 Å². The zero-order valence-electron chi connectivity index (χ0n) is 7.23. The Balaban J connectivity index is 2.15. The predicted octanol–water partition coefficient (Wildman–Crippen LogP) is 0.684. The molecular weight excluding hydrogens is 143 g/mol. The minimum Gasteiger partial charge on any atom is -0.313 e. The Hall–Kier alpha value is -0.150. The maximum atomic E-state index is 12.9. The summed E-state index contributed by atoms with van der Waals surface area (Å²) in [5, 5.41) is 6.34. The molecule has 0 amide bonds. The first kappa shape index (κ1) is 8.94. The number of hydrogen-bond donors (Lipinski definition) is 2. The molecular formula is C8H17FN2. The van der Waals surface area contributed by atoms with E-state index in [4.69, 9.17) is 0 Å². The van der Waals surface area contributed by atoms with E-state index < -0.39 is 6.17 Å². The van der Waals surface area contributed by atoms with Gasteiger partial charge in [0.25, 0.3) is 0 Å². The molecule has 0 aromatic heterocycles. The molecule has 1 heterocycles. The molecule has 0 bridgehead atoms. The minimum absolute atomic E-state index is 0.0393. The highest BCUT2D eigenvalue weighted by molar-refractivity contribution is 4.85. The van der Waals surface area contributed by atoms with Gasteiger partial charge in [0.2, 0.25) is 0 Å². The van der Waals surface area contributed by atoms with Crippen LogP contribution in [0, 0.1) is 0 Å². The molecule has 1 aliphatic rings. The smallest absolute Gasteiger partial charge is 0.118 e. The molecule has 1 rings (SSSR count). The average Bonchev–Trinajstić information content (AvgIpc) is 2.31. The molecule has 0 aromatic carbocycles. The van der Waals surface area contributed by atoms with Gasteiger partial charge < -0.3 is 10.6 Å². The van der Waals surface area contributed by atoms with Crippen molar-refractivity contribution in [1.29, 1.82) is 0 Å². The third-order valence-corrected chi connectivity index (χ3v) is 2.01. The van der Waals surface area contributed by atoms with Crippen molar-refractivity contribution in [2.45, 2.75) is 38.5 Å². The first-order valence-electron chi connectivity index (χ1n) is 4.31. The molecule has 3 heteroatoms. The van der Waals surface area contributed by atoms with E-state index in [0.717, 1.165) is 13.1 Å². The van der Waals surface area contributed by atoms with Crippen molar-refractivity contribution in [3.63, 3.8) is 0 Å². The first-order chi connectivity index (χ1) is 5.20. The summed E-state index contributed by atoms with van der Waals surface area (Å²) in [5.74, 6) is 0. The van der Waals surface area contributed by atoms with E-state index in [2.05, 4.69) is 24.5 Å².